The Balaban J connectivity index is 2.47. The molecule has 1 rings (SSSR count). The number of rotatable bonds is 5. The van der Waals surface area contributed by atoms with Gasteiger partial charge in [-0.25, -0.2) is 4.39 Å². The lowest BCUT2D eigenvalue weighted by Crippen LogP contribution is -2.24. The van der Waals surface area contributed by atoms with Crippen molar-refractivity contribution in [3.8, 4) is 0 Å². The number of hydrogen-bond donors (Lipinski definition) is 1. The fraction of sp³-hybridized carbons (Fsp3) is 0.417. The lowest BCUT2D eigenvalue weighted by atomic mass is 10.0. The summed E-state index contributed by atoms with van der Waals surface area (Å²) < 4.78 is 17.7. The minimum absolute atomic E-state index is 0.0943. The van der Waals surface area contributed by atoms with E-state index in [0.717, 1.165) is 5.56 Å². The van der Waals surface area contributed by atoms with Crippen molar-refractivity contribution >= 4 is 17.6 Å². The quantitative estimate of drug-likeness (QED) is 0.826. The van der Waals surface area contributed by atoms with Gasteiger partial charge in [-0.3, -0.25) is 4.79 Å². The first-order valence-electron chi connectivity index (χ1n) is 5.29. The maximum Gasteiger partial charge on any atom is 0.305 e. The maximum atomic E-state index is 13.2. The molecule has 0 bridgehead atoms. The zero-order chi connectivity index (χ0) is 12.8. The molecule has 0 spiro atoms. The Morgan fingerprint density at radius 1 is 1.59 bits per heavy atom. The van der Waals surface area contributed by atoms with Crippen LogP contribution in [0.2, 0.25) is 5.02 Å². The van der Waals surface area contributed by atoms with Crippen LogP contribution in [-0.4, -0.2) is 19.1 Å². The fourth-order valence-electron chi connectivity index (χ4n) is 1.48. The SMILES string of the molecule is COC(=O)CCC(N)Cc1ccc(Cl)c(F)c1. The van der Waals surface area contributed by atoms with Crippen molar-refractivity contribution in [3.63, 3.8) is 0 Å². The Morgan fingerprint density at radius 3 is 2.88 bits per heavy atom. The molecule has 0 heterocycles. The standard InChI is InChI=1S/C12H15ClFNO2/c1-17-12(16)5-3-9(15)6-8-2-4-10(13)11(14)7-8/h2,4,7,9H,3,5-6,15H2,1H3. The van der Waals surface area contributed by atoms with E-state index in [1.807, 2.05) is 0 Å². The Kier molecular flexibility index (Phi) is 5.38. The molecule has 0 aliphatic heterocycles. The number of halogens is 2. The van der Waals surface area contributed by atoms with Crippen LogP contribution in [0, 0.1) is 5.82 Å². The molecule has 0 amide bonds. The summed E-state index contributed by atoms with van der Waals surface area (Å²) in [6, 6.07) is 4.39. The van der Waals surface area contributed by atoms with Crippen LogP contribution in [0.3, 0.4) is 0 Å². The second-order valence-corrected chi connectivity index (χ2v) is 4.23. The second-order valence-electron chi connectivity index (χ2n) is 3.83. The van der Waals surface area contributed by atoms with Gasteiger partial charge in [0.05, 0.1) is 12.1 Å². The summed E-state index contributed by atoms with van der Waals surface area (Å²) in [5, 5.41) is 0.0943. The molecule has 5 heteroatoms. The number of hydrogen-bond acceptors (Lipinski definition) is 3. The third kappa shape index (κ3) is 4.71. The predicted octanol–water partition coefficient (Wildman–Crippen LogP) is 2.30. The average Bonchev–Trinajstić information content (AvgIpc) is 2.31. The van der Waals surface area contributed by atoms with Crippen LogP contribution >= 0.6 is 11.6 Å². The zero-order valence-corrected chi connectivity index (χ0v) is 10.3. The highest BCUT2D eigenvalue weighted by molar-refractivity contribution is 6.30. The molecule has 94 valence electrons. The normalized spacial score (nSPS) is 12.2. The molecule has 1 aromatic carbocycles. The van der Waals surface area contributed by atoms with Gasteiger partial charge in [0.25, 0.3) is 0 Å². The number of carbonyl (C=O) groups is 1. The number of ether oxygens (including phenoxy) is 1. The molecule has 3 nitrogen and oxygen atoms in total. The van der Waals surface area contributed by atoms with Crippen molar-refractivity contribution in [2.45, 2.75) is 25.3 Å². The van der Waals surface area contributed by atoms with E-state index in [4.69, 9.17) is 17.3 Å². The smallest absolute Gasteiger partial charge is 0.305 e. The lowest BCUT2D eigenvalue weighted by Gasteiger charge is -2.11. The maximum absolute atomic E-state index is 13.2. The highest BCUT2D eigenvalue weighted by atomic mass is 35.5. The van der Waals surface area contributed by atoms with Gasteiger partial charge in [0.2, 0.25) is 0 Å². The van der Waals surface area contributed by atoms with Crippen LogP contribution in [0.1, 0.15) is 18.4 Å². The van der Waals surface area contributed by atoms with Crippen LogP contribution in [0.15, 0.2) is 18.2 Å². The van der Waals surface area contributed by atoms with E-state index in [1.165, 1.54) is 19.2 Å². The number of nitrogens with two attached hydrogens (primary N) is 1. The van der Waals surface area contributed by atoms with E-state index in [-0.39, 0.29) is 23.5 Å². The largest absolute Gasteiger partial charge is 0.469 e. The highest BCUT2D eigenvalue weighted by Crippen LogP contribution is 2.17. The van der Waals surface area contributed by atoms with Gasteiger partial charge in [-0.05, 0) is 30.5 Å². The first-order chi connectivity index (χ1) is 8.02. The molecule has 0 fully saturated rings. The Labute approximate surface area is 105 Å². The third-order valence-corrected chi connectivity index (χ3v) is 2.74. The van der Waals surface area contributed by atoms with Gasteiger partial charge >= 0.3 is 5.97 Å². The van der Waals surface area contributed by atoms with Gasteiger partial charge < -0.3 is 10.5 Å². The molecule has 1 atom stereocenters. The first-order valence-corrected chi connectivity index (χ1v) is 5.67. The van der Waals surface area contributed by atoms with Gasteiger partial charge in [0.15, 0.2) is 0 Å². The topological polar surface area (TPSA) is 52.3 Å². The van der Waals surface area contributed by atoms with Crippen molar-refractivity contribution in [2.24, 2.45) is 5.73 Å². The summed E-state index contributed by atoms with van der Waals surface area (Å²) in [6.07, 6.45) is 1.29. The molecule has 0 aliphatic carbocycles. The van der Waals surface area contributed by atoms with E-state index < -0.39 is 5.82 Å². The summed E-state index contributed by atoms with van der Waals surface area (Å²) in [7, 11) is 1.34. The zero-order valence-electron chi connectivity index (χ0n) is 9.58. The number of benzene rings is 1. The van der Waals surface area contributed by atoms with E-state index in [1.54, 1.807) is 6.07 Å². The molecule has 1 unspecified atom stereocenters. The van der Waals surface area contributed by atoms with Gasteiger partial charge in [-0.1, -0.05) is 17.7 Å². The van der Waals surface area contributed by atoms with Gasteiger partial charge in [0, 0.05) is 12.5 Å². The van der Waals surface area contributed by atoms with Crippen LogP contribution in [0.25, 0.3) is 0 Å². The fourth-order valence-corrected chi connectivity index (χ4v) is 1.59. The summed E-state index contributed by atoms with van der Waals surface area (Å²) in [5.74, 6) is -0.743. The van der Waals surface area contributed by atoms with Crippen molar-refractivity contribution in [3.05, 3.63) is 34.6 Å². The molecular formula is C12H15ClFNO2. The molecule has 0 aromatic heterocycles. The molecule has 2 N–H and O–H groups in total. The lowest BCUT2D eigenvalue weighted by molar-refractivity contribution is -0.140. The summed E-state index contributed by atoms with van der Waals surface area (Å²) in [6.45, 7) is 0. The summed E-state index contributed by atoms with van der Waals surface area (Å²) >= 11 is 5.57. The Bertz CT molecular complexity index is 398. The number of methoxy groups -OCH3 is 1. The summed E-state index contributed by atoms with van der Waals surface area (Å²) in [4.78, 5) is 10.9. The first kappa shape index (κ1) is 13.9. The molecule has 0 radical (unpaired) electrons. The number of carbonyl (C=O) groups excluding carboxylic acids is 1. The van der Waals surface area contributed by atoms with Crippen LogP contribution in [-0.2, 0) is 16.0 Å². The second kappa shape index (κ2) is 6.57. The summed E-state index contributed by atoms with van der Waals surface area (Å²) in [5.41, 5.74) is 6.60. The molecule has 1 aromatic rings. The minimum atomic E-state index is -0.454. The highest BCUT2D eigenvalue weighted by Gasteiger charge is 2.09. The van der Waals surface area contributed by atoms with Crippen molar-refractivity contribution in [2.75, 3.05) is 7.11 Å². The predicted molar refractivity (Wildman–Crippen MR) is 64.3 cm³/mol. The average molecular weight is 260 g/mol. The van der Waals surface area contributed by atoms with E-state index in [0.29, 0.717) is 12.8 Å². The van der Waals surface area contributed by atoms with Crippen LogP contribution in [0.4, 0.5) is 4.39 Å². The van der Waals surface area contributed by atoms with Crippen molar-refractivity contribution in [1.29, 1.82) is 0 Å². The molecular weight excluding hydrogens is 245 g/mol. The van der Waals surface area contributed by atoms with Gasteiger partial charge in [-0.2, -0.15) is 0 Å². The molecule has 0 aliphatic rings. The van der Waals surface area contributed by atoms with Crippen LogP contribution < -0.4 is 5.73 Å². The Hall–Kier alpha value is -1.13. The van der Waals surface area contributed by atoms with Gasteiger partial charge in [-0.15, -0.1) is 0 Å². The Morgan fingerprint density at radius 2 is 2.29 bits per heavy atom. The minimum Gasteiger partial charge on any atom is -0.469 e. The van der Waals surface area contributed by atoms with E-state index in [2.05, 4.69) is 4.74 Å². The molecule has 0 saturated carbocycles. The van der Waals surface area contributed by atoms with E-state index >= 15 is 0 Å². The molecule has 17 heavy (non-hydrogen) atoms. The molecule has 0 saturated heterocycles. The van der Waals surface area contributed by atoms with Crippen molar-refractivity contribution in [1.82, 2.24) is 0 Å². The van der Waals surface area contributed by atoms with Crippen molar-refractivity contribution < 1.29 is 13.9 Å². The number of esters is 1. The van der Waals surface area contributed by atoms with E-state index in [9.17, 15) is 9.18 Å². The van der Waals surface area contributed by atoms with Gasteiger partial charge in [0.1, 0.15) is 5.82 Å². The monoisotopic (exact) mass is 259 g/mol. The van der Waals surface area contributed by atoms with Crippen LogP contribution in [0.5, 0.6) is 0 Å². The third-order valence-electron chi connectivity index (χ3n) is 2.43.